The Hall–Kier alpha value is -1.97. The quantitative estimate of drug-likeness (QED) is 0.860. The number of nitrogens with zero attached hydrogens (tertiary/aromatic N) is 3. The van der Waals surface area contributed by atoms with Crippen LogP contribution in [0.5, 0.6) is 0 Å². The Morgan fingerprint density at radius 2 is 1.96 bits per heavy atom. The van der Waals surface area contributed by atoms with Crippen LogP contribution in [0.1, 0.15) is 6.04 Å². The number of aliphatic hydroxyl groups excluding tert-OH is 1. The van der Waals surface area contributed by atoms with Gasteiger partial charge in [-0.1, -0.05) is 5.21 Å². The van der Waals surface area contributed by atoms with E-state index in [1.54, 1.807) is 0 Å². The fraction of sp³-hybridized carbons (Fsp3) is 0.429. The van der Waals surface area contributed by atoms with Crippen molar-refractivity contribution >= 4 is 0 Å². The third-order valence-electron chi connectivity index (χ3n) is 3.74. The SMILES string of the molecule is COC1COCC(O)C1n1cc(-c2cc(F)c(F)c(F)c2)nn1. The van der Waals surface area contributed by atoms with E-state index in [0.29, 0.717) is 0 Å². The second-order valence-corrected chi connectivity index (χ2v) is 5.21. The van der Waals surface area contributed by atoms with E-state index in [0.717, 1.165) is 12.1 Å². The van der Waals surface area contributed by atoms with E-state index >= 15 is 0 Å². The minimum absolute atomic E-state index is 0.0446. The second-order valence-electron chi connectivity index (χ2n) is 5.21. The summed E-state index contributed by atoms with van der Waals surface area (Å²) in [5.41, 5.74) is 0.194. The number of aromatic nitrogens is 3. The first-order chi connectivity index (χ1) is 11.0. The molecule has 1 N–H and O–H groups in total. The molecule has 23 heavy (non-hydrogen) atoms. The number of benzene rings is 1. The lowest BCUT2D eigenvalue weighted by Crippen LogP contribution is -2.45. The predicted octanol–water partition coefficient (Wildman–Crippen LogP) is 1.31. The molecule has 0 saturated carbocycles. The largest absolute Gasteiger partial charge is 0.388 e. The molecular weight excluding hydrogens is 315 g/mol. The Kier molecular flexibility index (Phi) is 4.33. The molecule has 1 fully saturated rings. The normalized spacial score (nSPS) is 24.8. The molecule has 0 amide bonds. The monoisotopic (exact) mass is 329 g/mol. The molecular formula is C14H14F3N3O3. The molecule has 3 atom stereocenters. The summed E-state index contributed by atoms with van der Waals surface area (Å²) in [4.78, 5) is 0. The van der Waals surface area contributed by atoms with E-state index in [-0.39, 0.29) is 24.5 Å². The van der Waals surface area contributed by atoms with E-state index in [9.17, 15) is 18.3 Å². The van der Waals surface area contributed by atoms with Gasteiger partial charge in [0.05, 0.1) is 19.4 Å². The number of halogens is 3. The molecule has 124 valence electrons. The molecule has 0 aliphatic carbocycles. The number of hydrogen-bond acceptors (Lipinski definition) is 5. The minimum atomic E-state index is -1.54. The minimum Gasteiger partial charge on any atom is -0.388 e. The number of aliphatic hydroxyl groups is 1. The van der Waals surface area contributed by atoms with Gasteiger partial charge < -0.3 is 14.6 Å². The fourth-order valence-corrected chi connectivity index (χ4v) is 2.56. The van der Waals surface area contributed by atoms with Gasteiger partial charge in [-0.2, -0.15) is 0 Å². The first-order valence-corrected chi connectivity index (χ1v) is 6.86. The smallest absolute Gasteiger partial charge is 0.194 e. The molecule has 1 aromatic carbocycles. The Balaban J connectivity index is 1.94. The summed E-state index contributed by atoms with van der Waals surface area (Å²) in [6.45, 7) is 0.382. The Bertz CT molecular complexity index is 687. The van der Waals surface area contributed by atoms with E-state index < -0.39 is 35.7 Å². The van der Waals surface area contributed by atoms with Gasteiger partial charge in [0.1, 0.15) is 23.9 Å². The highest BCUT2D eigenvalue weighted by molar-refractivity contribution is 5.57. The van der Waals surface area contributed by atoms with Gasteiger partial charge in [-0.25, -0.2) is 17.9 Å². The summed E-state index contributed by atoms with van der Waals surface area (Å²) in [5, 5.41) is 17.8. The van der Waals surface area contributed by atoms with Gasteiger partial charge in [0, 0.05) is 12.7 Å². The van der Waals surface area contributed by atoms with Crippen molar-refractivity contribution in [2.75, 3.05) is 20.3 Å². The zero-order valence-electron chi connectivity index (χ0n) is 12.1. The van der Waals surface area contributed by atoms with Crippen molar-refractivity contribution < 1.29 is 27.8 Å². The van der Waals surface area contributed by atoms with E-state index in [1.165, 1.54) is 18.0 Å². The van der Waals surface area contributed by atoms with Crippen LogP contribution < -0.4 is 0 Å². The summed E-state index contributed by atoms with van der Waals surface area (Å²) >= 11 is 0. The molecule has 0 radical (unpaired) electrons. The van der Waals surface area contributed by atoms with E-state index in [4.69, 9.17) is 9.47 Å². The average molecular weight is 329 g/mol. The molecule has 1 saturated heterocycles. The topological polar surface area (TPSA) is 69.4 Å². The molecule has 3 unspecified atom stereocenters. The summed E-state index contributed by atoms with van der Waals surface area (Å²) in [6.07, 6.45) is 0.0945. The molecule has 6 nitrogen and oxygen atoms in total. The fourth-order valence-electron chi connectivity index (χ4n) is 2.56. The van der Waals surface area contributed by atoms with Crippen LogP contribution in [0.2, 0.25) is 0 Å². The molecule has 1 aromatic heterocycles. The van der Waals surface area contributed by atoms with Crippen LogP contribution >= 0.6 is 0 Å². The molecule has 1 aliphatic heterocycles. The van der Waals surface area contributed by atoms with E-state index in [2.05, 4.69) is 10.3 Å². The van der Waals surface area contributed by atoms with Crippen LogP contribution in [-0.2, 0) is 9.47 Å². The lowest BCUT2D eigenvalue weighted by Gasteiger charge is -2.33. The molecule has 2 heterocycles. The van der Waals surface area contributed by atoms with Gasteiger partial charge in [0.2, 0.25) is 0 Å². The first kappa shape index (κ1) is 15.9. The van der Waals surface area contributed by atoms with Gasteiger partial charge in [-0.05, 0) is 12.1 Å². The number of ether oxygens (including phenoxy) is 2. The van der Waals surface area contributed by atoms with Crippen LogP contribution in [0.3, 0.4) is 0 Å². The lowest BCUT2D eigenvalue weighted by molar-refractivity contribution is -0.123. The predicted molar refractivity (Wildman–Crippen MR) is 72.0 cm³/mol. The maximum absolute atomic E-state index is 13.3. The molecule has 0 bridgehead atoms. The van der Waals surface area contributed by atoms with Gasteiger partial charge in [-0.15, -0.1) is 5.10 Å². The molecule has 9 heteroatoms. The lowest BCUT2D eigenvalue weighted by atomic mass is 10.0. The summed E-state index contributed by atoms with van der Waals surface area (Å²) < 4.78 is 51.5. The third-order valence-corrected chi connectivity index (χ3v) is 3.74. The zero-order chi connectivity index (χ0) is 16.6. The van der Waals surface area contributed by atoms with Gasteiger partial charge in [0.25, 0.3) is 0 Å². The molecule has 1 aliphatic rings. The van der Waals surface area contributed by atoms with Crippen LogP contribution in [0.4, 0.5) is 13.2 Å². The number of methoxy groups -OCH3 is 1. The second kappa shape index (κ2) is 6.26. The van der Waals surface area contributed by atoms with E-state index in [1.807, 2.05) is 0 Å². The Morgan fingerprint density at radius 3 is 2.61 bits per heavy atom. The third kappa shape index (κ3) is 2.94. The maximum Gasteiger partial charge on any atom is 0.194 e. The van der Waals surface area contributed by atoms with Crippen LogP contribution in [0, 0.1) is 17.5 Å². The highest BCUT2D eigenvalue weighted by Crippen LogP contribution is 2.26. The average Bonchev–Trinajstić information content (AvgIpc) is 3.01. The maximum atomic E-state index is 13.3. The Morgan fingerprint density at radius 1 is 1.26 bits per heavy atom. The van der Waals surface area contributed by atoms with Crippen LogP contribution in [0.25, 0.3) is 11.3 Å². The zero-order valence-corrected chi connectivity index (χ0v) is 12.1. The standard InChI is InChI=1S/C14H14F3N3O3/c1-22-12-6-23-5-11(21)14(12)20-4-10(18-19-20)7-2-8(15)13(17)9(16)3-7/h2-4,11-12,14,21H,5-6H2,1H3. The van der Waals surface area contributed by atoms with Crippen LogP contribution in [-0.4, -0.2) is 52.6 Å². The van der Waals surface area contributed by atoms with Crippen molar-refractivity contribution in [3.05, 3.63) is 35.8 Å². The number of rotatable bonds is 3. The molecule has 3 rings (SSSR count). The number of hydrogen-bond donors (Lipinski definition) is 1. The van der Waals surface area contributed by atoms with Crippen molar-refractivity contribution in [2.45, 2.75) is 18.2 Å². The summed E-state index contributed by atoms with van der Waals surface area (Å²) in [5.74, 6) is -4.16. The van der Waals surface area contributed by atoms with Crippen LogP contribution in [0.15, 0.2) is 18.3 Å². The highest BCUT2D eigenvalue weighted by atomic mass is 19.2. The first-order valence-electron chi connectivity index (χ1n) is 6.86. The Labute approximate surface area is 129 Å². The molecule has 0 spiro atoms. The van der Waals surface area contributed by atoms with Crippen molar-refractivity contribution in [3.63, 3.8) is 0 Å². The van der Waals surface area contributed by atoms with Crippen molar-refractivity contribution in [1.29, 1.82) is 0 Å². The highest BCUT2D eigenvalue weighted by Gasteiger charge is 2.35. The van der Waals surface area contributed by atoms with Gasteiger partial charge in [0.15, 0.2) is 17.5 Å². The van der Waals surface area contributed by atoms with Gasteiger partial charge in [-0.3, -0.25) is 0 Å². The molecule has 2 aromatic rings. The van der Waals surface area contributed by atoms with Crippen molar-refractivity contribution in [1.82, 2.24) is 15.0 Å². The summed E-state index contributed by atoms with van der Waals surface area (Å²) in [6, 6.07) is 1.12. The van der Waals surface area contributed by atoms with Crippen molar-refractivity contribution in [3.8, 4) is 11.3 Å². The summed E-state index contributed by atoms with van der Waals surface area (Å²) in [7, 11) is 1.47. The van der Waals surface area contributed by atoms with Crippen molar-refractivity contribution in [2.24, 2.45) is 0 Å². The van der Waals surface area contributed by atoms with Gasteiger partial charge >= 0.3 is 0 Å².